The van der Waals surface area contributed by atoms with Gasteiger partial charge in [0.15, 0.2) is 0 Å². The number of halogens is 1. The van der Waals surface area contributed by atoms with Crippen LogP contribution in [0.3, 0.4) is 0 Å². The highest BCUT2D eigenvalue weighted by Crippen LogP contribution is 2.20. The van der Waals surface area contributed by atoms with Crippen molar-refractivity contribution in [3.05, 3.63) is 57.2 Å². The normalized spacial score (nSPS) is 10.2. The molecule has 5 heteroatoms. The van der Waals surface area contributed by atoms with E-state index in [0.29, 0.717) is 22.1 Å². The van der Waals surface area contributed by atoms with Gasteiger partial charge >= 0.3 is 0 Å². The maximum atomic E-state index is 11.9. The Hall–Kier alpha value is -1.76. The number of phenols is 2. The van der Waals surface area contributed by atoms with Gasteiger partial charge in [0, 0.05) is 12.1 Å². The van der Waals surface area contributed by atoms with E-state index >= 15 is 0 Å². The Balaban J connectivity index is 1.88. The molecule has 1 amide bonds. The first-order valence-corrected chi connectivity index (χ1v) is 7.19. The Morgan fingerprint density at radius 2 is 1.80 bits per heavy atom. The van der Waals surface area contributed by atoms with E-state index in [2.05, 4.69) is 5.32 Å². The summed E-state index contributed by atoms with van der Waals surface area (Å²) in [6, 6.07) is 11.7. The number of amides is 1. The summed E-state index contributed by atoms with van der Waals surface area (Å²) in [5, 5.41) is 21.5. The lowest BCUT2D eigenvalue weighted by molar-refractivity contribution is 0.0953. The molecule has 0 aromatic heterocycles. The van der Waals surface area contributed by atoms with Crippen molar-refractivity contribution in [2.45, 2.75) is 6.42 Å². The Bertz CT molecular complexity index is 611. The van der Waals surface area contributed by atoms with E-state index in [9.17, 15) is 15.0 Å². The molecule has 0 saturated heterocycles. The largest absolute Gasteiger partial charge is 0.508 e. The molecule has 3 N–H and O–H groups in total. The van der Waals surface area contributed by atoms with Gasteiger partial charge < -0.3 is 15.5 Å². The van der Waals surface area contributed by atoms with Crippen LogP contribution in [0.5, 0.6) is 11.5 Å². The molecule has 0 unspecified atom stereocenters. The van der Waals surface area contributed by atoms with Crippen molar-refractivity contribution in [2.24, 2.45) is 0 Å². The third kappa shape index (κ3) is 3.86. The first-order chi connectivity index (χ1) is 9.56. The minimum Gasteiger partial charge on any atom is -0.508 e. The monoisotopic (exact) mass is 383 g/mol. The predicted molar refractivity (Wildman–Crippen MR) is 85.0 cm³/mol. The number of carbonyl (C=O) groups is 1. The summed E-state index contributed by atoms with van der Waals surface area (Å²) in [6.45, 7) is 0.496. The summed E-state index contributed by atoms with van der Waals surface area (Å²) in [6.07, 6.45) is 0.683. The van der Waals surface area contributed by atoms with Gasteiger partial charge in [-0.3, -0.25) is 4.79 Å². The number of benzene rings is 2. The molecule has 0 aliphatic carbocycles. The van der Waals surface area contributed by atoms with Crippen LogP contribution in [-0.4, -0.2) is 22.7 Å². The van der Waals surface area contributed by atoms with E-state index in [1.165, 1.54) is 6.07 Å². The summed E-state index contributed by atoms with van der Waals surface area (Å²) in [5.41, 5.74) is 1.47. The average Bonchev–Trinajstić information content (AvgIpc) is 2.44. The zero-order valence-electron chi connectivity index (χ0n) is 10.6. The van der Waals surface area contributed by atoms with E-state index in [-0.39, 0.29) is 17.4 Å². The average molecular weight is 383 g/mol. The summed E-state index contributed by atoms with van der Waals surface area (Å²) in [4.78, 5) is 11.9. The van der Waals surface area contributed by atoms with Crippen LogP contribution in [0.2, 0.25) is 0 Å². The smallest absolute Gasteiger partial charge is 0.251 e. The summed E-state index contributed by atoms with van der Waals surface area (Å²) < 4.78 is 0.711. The number of nitrogens with one attached hydrogen (secondary N) is 1. The van der Waals surface area contributed by atoms with Crippen LogP contribution < -0.4 is 5.32 Å². The SMILES string of the molecule is O=C(NCCc1ccc(O)cc1)c1ccc(I)c(O)c1. The third-order valence-electron chi connectivity index (χ3n) is 2.84. The van der Waals surface area contributed by atoms with Gasteiger partial charge in [0.05, 0.1) is 3.57 Å². The first-order valence-electron chi connectivity index (χ1n) is 6.11. The number of aromatic hydroxyl groups is 2. The van der Waals surface area contributed by atoms with Gasteiger partial charge in [-0.25, -0.2) is 0 Å². The Kier molecular flexibility index (Phi) is 4.84. The Labute approximate surface area is 130 Å². The molecular formula is C15H14INO3. The van der Waals surface area contributed by atoms with Crippen LogP contribution in [0.1, 0.15) is 15.9 Å². The van der Waals surface area contributed by atoms with Gasteiger partial charge in [-0.2, -0.15) is 0 Å². The standard InChI is InChI=1S/C15H14INO3/c16-13-6-3-11(9-14(13)19)15(20)17-8-7-10-1-4-12(18)5-2-10/h1-6,9,18-19H,7-8H2,(H,17,20). The maximum Gasteiger partial charge on any atom is 0.251 e. The number of rotatable bonds is 4. The molecule has 0 bridgehead atoms. The van der Waals surface area contributed by atoms with Gasteiger partial charge in [-0.15, -0.1) is 0 Å². The van der Waals surface area contributed by atoms with E-state index < -0.39 is 0 Å². The fraction of sp³-hybridized carbons (Fsp3) is 0.133. The molecule has 0 atom stereocenters. The molecule has 20 heavy (non-hydrogen) atoms. The lowest BCUT2D eigenvalue weighted by Gasteiger charge is -2.06. The zero-order chi connectivity index (χ0) is 14.5. The van der Waals surface area contributed by atoms with Gasteiger partial charge in [-0.1, -0.05) is 12.1 Å². The van der Waals surface area contributed by atoms with Crippen LogP contribution in [-0.2, 0) is 6.42 Å². The van der Waals surface area contributed by atoms with Crippen LogP contribution in [0, 0.1) is 3.57 Å². The molecule has 0 radical (unpaired) electrons. The fourth-order valence-electron chi connectivity index (χ4n) is 1.74. The van der Waals surface area contributed by atoms with E-state index in [1.54, 1.807) is 24.3 Å². The molecule has 0 saturated carbocycles. The molecule has 104 valence electrons. The Morgan fingerprint density at radius 1 is 1.10 bits per heavy atom. The molecule has 0 aliphatic rings. The molecule has 4 nitrogen and oxygen atoms in total. The first kappa shape index (κ1) is 14.6. The van der Waals surface area contributed by atoms with E-state index in [0.717, 1.165) is 5.56 Å². The predicted octanol–water partition coefficient (Wildman–Crippen LogP) is 2.67. The second-order valence-corrected chi connectivity index (χ2v) is 5.50. The highest BCUT2D eigenvalue weighted by molar-refractivity contribution is 14.1. The molecule has 2 aromatic rings. The molecule has 0 aliphatic heterocycles. The van der Waals surface area contributed by atoms with E-state index in [4.69, 9.17) is 0 Å². The topological polar surface area (TPSA) is 69.6 Å². The van der Waals surface area contributed by atoms with Gasteiger partial charge in [-0.05, 0) is 64.9 Å². The highest BCUT2D eigenvalue weighted by atomic mass is 127. The molecule has 2 rings (SSSR count). The summed E-state index contributed by atoms with van der Waals surface area (Å²) in [7, 11) is 0. The lowest BCUT2D eigenvalue weighted by atomic mass is 10.1. The van der Waals surface area contributed by atoms with Crippen LogP contribution in [0.25, 0.3) is 0 Å². The quantitative estimate of drug-likeness (QED) is 0.712. The lowest BCUT2D eigenvalue weighted by Crippen LogP contribution is -2.25. The zero-order valence-corrected chi connectivity index (χ0v) is 12.8. The summed E-state index contributed by atoms with van der Waals surface area (Å²) in [5.74, 6) is 0.124. The van der Waals surface area contributed by atoms with Crippen LogP contribution in [0.15, 0.2) is 42.5 Å². The van der Waals surface area contributed by atoms with Crippen molar-refractivity contribution < 1.29 is 15.0 Å². The fourth-order valence-corrected chi connectivity index (χ4v) is 2.07. The molecule has 2 aromatic carbocycles. The number of carbonyl (C=O) groups excluding carboxylic acids is 1. The van der Waals surface area contributed by atoms with Crippen molar-refractivity contribution in [2.75, 3.05) is 6.54 Å². The van der Waals surface area contributed by atoms with Gasteiger partial charge in [0.2, 0.25) is 0 Å². The second kappa shape index (κ2) is 6.60. The minimum absolute atomic E-state index is 0.108. The summed E-state index contributed by atoms with van der Waals surface area (Å²) >= 11 is 2.00. The molecular weight excluding hydrogens is 369 g/mol. The van der Waals surface area contributed by atoms with E-state index in [1.807, 2.05) is 34.7 Å². The van der Waals surface area contributed by atoms with Crippen molar-refractivity contribution in [3.8, 4) is 11.5 Å². The highest BCUT2D eigenvalue weighted by Gasteiger charge is 2.07. The van der Waals surface area contributed by atoms with Crippen LogP contribution >= 0.6 is 22.6 Å². The molecule has 0 fully saturated rings. The van der Waals surface area contributed by atoms with Crippen molar-refractivity contribution in [1.82, 2.24) is 5.32 Å². The third-order valence-corrected chi connectivity index (χ3v) is 3.76. The molecule has 0 heterocycles. The number of hydrogen-bond donors (Lipinski definition) is 3. The maximum absolute atomic E-state index is 11.9. The second-order valence-electron chi connectivity index (χ2n) is 4.34. The molecule has 0 spiro atoms. The van der Waals surface area contributed by atoms with Gasteiger partial charge in [0.1, 0.15) is 11.5 Å². The Morgan fingerprint density at radius 3 is 2.45 bits per heavy atom. The number of phenolic OH excluding ortho intramolecular Hbond substituents is 2. The van der Waals surface area contributed by atoms with Crippen molar-refractivity contribution in [1.29, 1.82) is 0 Å². The van der Waals surface area contributed by atoms with Crippen molar-refractivity contribution >= 4 is 28.5 Å². The van der Waals surface area contributed by atoms with Crippen molar-refractivity contribution in [3.63, 3.8) is 0 Å². The van der Waals surface area contributed by atoms with Gasteiger partial charge in [0.25, 0.3) is 5.91 Å². The van der Waals surface area contributed by atoms with Crippen LogP contribution in [0.4, 0.5) is 0 Å². The number of hydrogen-bond acceptors (Lipinski definition) is 3. The minimum atomic E-state index is -0.213.